The largest absolute Gasteiger partial charge is 0.326 e. The van der Waals surface area contributed by atoms with Gasteiger partial charge in [0.2, 0.25) is 5.91 Å². The summed E-state index contributed by atoms with van der Waals surface area (Å²) in [6, 6.07) is 4.43. The summed E-state index contributed by atoms with van der Waals surface area (Å²) in [7, 11) is 0. The zero-order valence-electron chi connectivity index (χ0n) is 10.9. The number of anilines is 1. The minimum atomic E-state index is -0.446. The third-order valence-corrected chi connectivity index (χ3v) is 2.85. The summed E-state index contributed by atoms with van der Waals surface area (Å²) in [6.07, 6.45) is 1.78. The van der Waals surface area contributed by atoms with Crippen molar-refractivity contribution in [1.29, 1.82) is 0 Å². The van der Waals surface area contributed by atoms with Crippen molar-refractivity contribution >= 4 is 17.3 Å². The summed E-state index contributed by atoms with van der Waals surface area (Å²) < 4.78 is 0. The van der Waals surface area contributed by atoms with Crippen LogP contribution in [0.25, 0.3) is 0 Å². The fraction of sp³-hybridized carbons (Fsp3) is 0.462. The Morgan fingerprint density at radius 1 is 1.50 bits per heavy atom. The van der Waals surface area contributed by atoms with Crippen LogP contribution in [0.1, 0.15) is 32.3 Å². The predicted molar refractivity (Wildman–Crippen MR) is 70.5 cm³/mol. The normalized spacial score (nSPS) is 11.9. The average Bonchev–Trinajstić information content (AvgIpc) is 2.31. The molecule has 0 radical (unpaired) electrons. The number of nitro benzene ring substituents is 1. The van der Waals surface area contributed by atoms with Crippen LogP contribution in [-0.4, -0.2) is 10.8 Å². The quantitative estimate of drug-likeness (QED) is 0.643. The molecule has 5 heteroatoms. The van der Waals surface area contributed by atoms with Gasteiger partial charge in [-0.25, -0.2) is 0 Å². The summed E-state index contributed by atoms with van der Waals surface area (Å²) in [5, 5.41) is 13.4. The number of nitrogens with zero attached hydrogens (tertiary/aromatic N) is 1. The first kappa shape index (κ1) is 14.2. The molecule has 0 fully saturated rings. The molecule has 1 aromatic rings. The number of rotatable bonds is 5. The van der Waals surface area contributed by atoms with E-state index < -0.39 is 4.92 Å². The number of amides is 1. The van der Waals surface area contributed by atoms with Crippen molar-refractivity contribution < 1.29 is 9.72 Å². The Hall–Kier alpha value is -1.91. The van der Waals surface area contributed by atoms with E-state index in [1.165, 1.54) is 12.1 Å². The SMILES string of the molecule is CCC[C@H](C)C(=O)Nc1ccc([N+](=O)[O-])cc1C. The zero-order chi connectivity index (χ0) is 13.7. The Morgan fingerprint density at radius 2 is 2.17 bits per heavy atom. The molecule has 1 aromatic carbocycles. The molecule has 98 valence electrons. The Kier molecular flexibility index (Phi) is 4.83. The van der Waals surface area contributed by atoms with Gasteiger partial charge in [0.15, 0.2) is 0 Å². The van der Waals surface area contributed by atoms with Gasteiger partial charge in [-0.3, -0.25) is 14.9 Å². The molecule has 0 aliphatic carbocycles. The van der Waals surface area contributed by atoms with Crippen LogP contribution in [0.15, 0.2) is 18.2 Å². The summed E-state index contributed by atoms with van der Waals surface area (Å²) in [6.45, 7) is 5.65. The van der Waals surface area contributed by atoms with Crippen LogP contribution < -0.4 is 5.32 Å². The number of carbonyl (C=O) groups excluding carboxylic acids is 1. The molecule has 1 amide bonds. The molecule has 5 nitrogen and oxygen atoms in total. The van der Waals surface area contributed by atoms with Gasteiger partial charge in [0.25, 0.3) is 5.69 Å². The Bertz CT molecular complexity index is 458. The second-order valence-corrected chi connectivity index (χ2v) is 4.44. The molecule has 0 aromatic heterocycles. The minimum Gasteiger partial charge on any atom is -0.326 e. The molecule has 0 heterocycles. The van der Waals surface area contributed by atoms with Crippen LogP contribution in [0.5, 0.6) is 0 Å². The molecule has 0 spiro atoms. The van der Waals surface area contributed by atoms with E-state index in [-0.39, 0.29) is 17.5 Å². The highest BCUT2D eigenvalue weighted by Crippen LogP contribution is 2.22. The lowest BCUT2D eigenvalue weighted by molar-refractivity contribution is -0.384. The number of aryl methyl sites for hydroxylation is 1. The lowest BCUT2D eigenvalue weighted by Crippen LogP contribution is -2.20. The number of hydrogen-bond donors (Lipinski definition) is 1. The van der Waals surface area contributed by atoms with Gasteiger partial charge in [0.05, 0.1) is 4.92 Å². The van der Waals surface area contributed by atoms with Gasteiger partial charge >= 0.3 is 0 Å². The highest BCUT2D eigenvalue weighted by molar-refractivity contribution is 5.93. The van der Waals surface area contributed by atoms with Crippen LogP contribution in [0.3, 0.4) is 0 Å². The molecule has 0 aliphatic heterocycles. The number of hydrogen-bond acceptors (Lipinski definition) is 3. The highest BCUT2D eigenvalue weighted by atomic mass is 16.6. The Labute approximate surface area is 106 Å². The number of non-ortho nitro benzene ring substituents is 1. The monoisotopic (exact) mass is 250 g/mol. The minimum absolute atomic E-state index is 0.0344. The number of carbonyl (C=O) groups is 1. The summed E-state index contributed by atoms with van der Waals surface area (Å²) in [5.74, 6) is -0.0987. The van der Waals surface area contributed by atoms with Crippen LogP contribution in [-0.2, 0) is 4.79 Å². The van der Waals surface area contributed by atoms with E-state index in [1.807, 2.05) is 13.8 Å². The van der Waals surface area contributed by atoms with Crippen LogP contribution in [0.2, 0.25) is 0 Å². The van der Waals surface area contributed by atoms with Gasteiger partial charge in [0, 0.05) is 23.7 Å². The van der Waals surface area contributed by atoms with Crippen molar-refractivity contribution in [2.24, 2.45) is 5.92 Å². The maximum absolute atomic E-state index is 11.8. The molecule has 0 saturated heterocycles. The van der Waals surface area contributed by atoms with Gasteiger partial charge in [-0.2, -0.15) is 0 Å². The molecular weight excluding hydrogens is 232 g/mol. The standard InChI is InChI=1S/C13H18N2O3/c1-4-5-9(2)13(16)14-12-7-6-11(15(17)18)8-10(12)3/h6-9H,4-5H2,1-3H3,(H,14,16)/t9-/m0/s1. The second kappa shape index (κ2) is 6.14. The maximum atomic E-state index is 11.8. The number of nitro groups is 1. The molecule has 1 atom stereocenters. The third kappa shape index (κ3) is 3.55. The number of nitrogens with one attached hydrogen (secondary N) is 1. The smallest absolute Gasteiger partial charge is 0.269 e. The third-order valence-electron chi connectivity index (χ3n) is 2.85. The molecule has 0 saturated carbocycles. The molecule has 0 aliphatic rings. The Morgan fingerprint density at radius 3 is 2.67 bits per heavy atom. The summed E-state index contributed by atoms with van der Waals surface area (Å²) in [4.78, 5) is 22.0. The first-order chi connectivity index (χ1) is 8.45. The molecular formula is C13H18N2O3. The van der Waals surface area contributed by atoms with Crippen LogP contribution in [0.4, 0.5) is 11.4 Å². The average molecular weight is 250 g/mol. The van der Waals surface area contributed by atoms with E-state index in [2.05, 4.69) is 5.32 Å². The molecule has 0 bridgehead atoms. The van der Waals surface area contributed by atoms with Crippen molar-refractivity contribution in [3.8, 4) is 0 Å². The maximum Gasteiger partial charge on any atom is 0.269 e. The predicted octanol–water partition coefficient (Wildman–Crippen LogP) is 3.28. The van der Waals surface area contributed by atoms with Gasteiger partial charge in [0.1, 0.15) is 0 Å². The zero-order valence-corrected chi connectivity index (χ0v) is 10.9. The van der Waals surface area contributed by atoms with Gasteiger partial charge in [-0.15, -0.1) is 0 Å². The Balaban J connectivity index is 2.79. The van der Waals surface area contributed by atoms with Gasteiger partial charge in [-0.05, 0) is 25.0 Å². The topological polar surface area (TPSA) is 72.2 Å². The second-order valence-electron chi connectivity index (χ2n) is 4.44. The fourth-order valence-corrected chi connectivity index (χ4v) is 1.72. The molecule has 18 heavy (non-hydrogen) atoms. The fourth-order valence-electron chi connectivity index (χ4n) is 1.72. The van der Waals surface area contributed by atoms with Gasteiger partial charge in [-0.1, -0.05) is 20.3 Å². The van der Waals surface area contributed by atoms with Crippen LogP contribution >= 0.6 is 0 Å². The van der Waals surface area contributed by atoms with Crippen molar-refractivity contribution in [2.75, 3.05) is 5.32 Å². The molecule has 1 N–H and O–H groups in total. The van der Waals surface area contributed by atoms with E-state index in [1.54, 1.807) is 13.0 Å². The van der Waals surface area contributed by atoms with E-state index in [4.69, 9.17) is 0 Å². The van der Waals surface area contributed by atoms with Crippen LogP contribution in [0, 0.1) is 23.0 Å². The van der Waals surface area contributed by atoms with Crippen molar-refractivity contribution in [3.63, 3.8) is 0 Å². The van der Waals surface area contributed by atoms with Crippen molar-refractivity contribution in [3.05, 3.63) is 33.9 Å². The lowest BCUT2D eigenvalue weighted by atomic mass is 10.0. The molecule has 1 rings (SSSR count). The molecule has 0 unspecified atom stereocenters. The highest BCUT2D eigenvalue weighted by Gasteiger charge is 2.14. The van der Waals surface area contributed by atoms with E-state index >= 15 is 0 Å². The van der Waals surface area contributed by atoms with Crippen molar-refractivity contribution in [2.45, 2.75) is 33.6 Å². The van der Waals surface area contributed by atoms with Gasteiger partial charge < -0.3 is 5.32 Å². The van der Waals surface area contributed by atoms with E-state index in [0.717, 1.165) is 12.8 Å². The lowest BCUT2D eigenvalue weighted by Gasteiger charge is -2.12. The number of benzene rings is 1. The van der Waals surface area contributed by atoms with E-state index in [9.17, 15) is 14.9 Å². The first-order valence-corrected chi connectivity index (χ1v) is 6.01. The van der Waals surface area contributed by atoms with Crippen molar-refractivity contribution in [1.82, 2.24) is 0 Å². The first-order valence-electron chi connectivity index (χ1n) is 6.01. The summed E-state index contributed by atoms with van der Waals surface area (Å²) >= 11 is 0. The van der Waals surface area contributed by atoms with E-state index in [0.29, 0.717) is 11.3 Å². The summed E-state index contributed by atoms with van der Waals surface area (Å²) in [5.41, 5.74) is 1.36.